The Bertz CT molecular complexity index is 558. The van der Waals surface area contributed by atoms with E-state index in [2.05, 4.69) is 20.8 Å². The number of carbonyl (C=O) groups is 1. The van der Waals surface area contributed by atoms with E-state index in [0.717, 1.165) is 0 Å². The number of benzene rings is 1. The molecule has 0 atom stereocenters. The van der Waals surface area contributed by atoms with Crippen LogP contribution in [0.2, 0.25) is 5.02 Å². The lowest BCUT2D eigenvalue weighted by Crippen LogP contribution is -2.28. The van der Waals surface area contributed by atoms with Crippen molar-refractivity contribution in [2.75, 3.05) is 20.3 Å². The molecule has 1 aromatic carbocycles. The molecule has 1 N–H and O–H groups in total. The Labute approximate surface area is 114 Å². The van der Waals surface area contributed by atoms with Crippen molar-refractivity contribution in [3.05, 3.63) is 35.1 Å². The van der Waals surface area contributed by atoms with Crippen LogP contribution < -0.4 is 5.32 Å². The first-order valence-electron chi connectivity index (χ1n) is 5.52. The maximum Gasteiger partial charge on any atom is 0.253 e. The van der Waals surface area contributed by atoms with Gasteiger partial charge in [-0.3, -0.25) is 4.79 Å². The van der Waals surface area contributed by atoms with Gasteiger partial charge < -0.3 is 10.1 Å². The summed E-state index contributed by atoms with van der Waals surface area (Å²) in [5.74, 6) is -0.237. The summed E-state index contributed by atoms with van der Waals surface area (Å²) in [5, 5.41) is 14.1. The van der Waals surface area contributed by atoms with Crippen molar-refractivity contribution in [3.8, 4) is 5.69 Å². The van der Waals surface area contributed by atoms with Gasteiger partial charge in [0.25, 0.3) is 5.91 Å². The maximum absolute atomic E-state index is 12.1. The highest BCUT2D eigenvalue weighted by Gasteiger charge is 2.13. The molecule has 1 aromatic heterocycles. The zero-order chi connectivity index (χ0) is 13.7. The lowest BCUT2D eigenvalue weighted by Gasteiger charge is -2.09. The SMILES string of the molecule is COCCNC(=O)c1ccc(Cl)cc1-n1cnnn1. The van der Waals surface area contributed by atoms with Gasteiger partial charge in [0.05, 0.1) is 17.9 Å². The molecule has 0 aliphatic heterocycles. The van der Waals surface area contributed by atoms with E-state index in [4.69, 9.17) is 16.3 Å². The smallest absolute Gasteiger partial charge is 0.253 e. The number of rotatable bonds is 5. The minimum Gasteiger partial charge on any atom is -0.383 e. The lowest BCUT2D eigenvalue weighted by molar-refractivity contribution is 0.0937. The monoisotopic (exact) mass is 281 g/mol. The van der Waals surface area contributed by atoms with Crippen molar-refractivity contribution in [3.63, 3.8) is 0 Å². The van der Waals surface area contributed by atoms with Gasteiger partial charge in [-0.1, -0.05) is 11.6 Å². The van der Waals surface area contributed by atoms with Gasteiger partial charge in [-0.25, -0.2) is 0 Å². The van der Waals surface area contributed by atoms with Crippen LogP contribution in [0, 0.1) is 0 Å². The van der Waals surface area contributed by atoms with Crippen molar-refractivity contribution in [1.29, 1.82) is 0 Å². The standard InChI is InChI=1S/C11H12ClN5O2/c1-19-5-4-13-11(18)9-3-2-8(12)6-10(9)17-7-14-15-16-17/h2-3,6-7H,4-5H2,1H3,(H,13,18). The number of tetrazole rings is 1. The fourth-order valence-corrected chi connectivity index (χ4v) is 1.69. The normalized spacial score (nSPS) is 10.4. The summed E-state index contributed by atoms with van der Waals surface area (Å²) in [5.41, 5.74) is 0.959. The number of halogens is 1. The van der Waals surface area contributed by atoms with Gasteiger partial charge in [-0.2, -0.15) is 4.68 Å². The molecule has 0 spiro atoms. The Morgan fingerprint density at radius 3 is 3.05 bits per heavy atom. The molecule has 0 unspecified atom stereocenters. The topological polar surface area (TPSA) is 81.9 Å². The van der Waals surface area contributed by atoms with E-state index < -0.39 is 0 Å². The molecule has 7 nitrogen and oxygen atoms in total. The van der Waals surface area contributed by atoms with Crippen LogP contribution in [0.3, 0.4) is 0 Å². The summed E-state index contributed by atoms with van der Waals surface area (Å²) in [7, 11) is 1.57. The minimum atomic E-state index is -0.237. The predicted molar refractivity (Wildman–Crippen MR) is 68.4 cm³/mol. The summed E-state index contributed by atoms with van der Waals surface area (Å²) >= 11 is 5.93. The van der Waals surface area contributed by atoms with Crippen molar-refractivity contribution in [1.82, 2.24) is 25.5 Å². The average Bonchev–Trinajstić information content (AvgIpc) is 2.92. The van der Waals surface area contributed by atoms with E-state index in [0.29, 0.717) is 29.4 Å². The summed E-state index contributed by atoms with van der Waals surface area (Å²) in [6.45, 7) is 0.868. The number of nitrogens with one attached hydrogen (secondary N) is 1. The highest BCUT2D eigenvalue weighted by molar-refractivity contribution is 6.31. The quantitative estimate of drug-likeness (QED) is 0.816. The zero-order valence-electron chi connectivity index (χ0n) is 10.2. The number of ether oxygens (including phenoxy) is 1. The highest BCUT2D eigenvalue weighted by atomic mass is 35.5. The Kier molecular flexibility index (Phi) is 4.43. The van der Waals surface area contributed by atoms with Crippen LogP contribution in [0.1, 0.15) is 10.4 Å². The third-order valence-corrected chi connectivity index (χ3v) is 2.63. The second-order valence-electron chi connectivity index (χ2n) is 3.66. The number of aromatic nitrogens is 4. The van der Waals surface area contributed by atoms with E-state index >= 15 is 0 Å². The molecule has 2 aromatic rings. The Morgan fingerprint density at radius 1 is 1.53 bits per heavy atom. The van der Waals surface area contributed by atoms with Gasteiger partial charge in [-0.15, -0.1) is 5.10 Å². The molecule has 2 rings (SSSR count). The molecule has 0 bridgehead atoms. The van der Waals surface area contributed by atoms with Crippen LogP contribution in [0.5, 0.6) is 0 Å². The van der Waals surface area contributed by atoms with Crippen LogP contribution in [-0.2, 0) is 4.74 Å². The Balaban J connectivity index is 2.27. The number of nitrogens with zero attached hydrogens (tertiary/aromatic N) is 4. The van der Waals surface area contributed by atoms with Gasteiger partial charge >= 0.3 is 0 Å². The molecule has 0 aliphatic rings. The first-order valence-corrected chi connectivity index (χ1v) is 5.90. The third kappa shape index (κ3) is 3.27. The maximum atomic E-state index is 12.1. The van der Waals surface area contributed by atoms with Gasteiger partial charge in [0, 0.05) is 18.7 Å². The Morgan fingerprint density at radius 2 is 2.37 bits per heavy atom. The molecule has 8 heteroatoms. The molecule has 1 heterocycles. The van der Waals surface area contributed by atoms with Crippen LogP contribution in [-0.4, -0.2) is 46.4 Å². The second kappa shape index (κ2) is 6.26. The minimum absolute atomic E-state index is 0.237. The van der Waals surface area contributed by atoms with Gasteiger partial charge in [0.1, 0.15) is 6.33 Å². The molecule has 19 heavy (non-hydrogen) atoms. The van der Waals surface area contributed by atoms with Crippen LogP contribution >= 0.6 is 11.6 Å². The number of hydrogen-bond donors (Lipinski definition) is 1. The first kappa shape index (κ1) is 13.4. The van der Waals surface area contributed by atoms with Crippen molar-refractivity contribution in [2.24, 2.45) is 0 Å². The summed E-state index contributed by atoms with van der Waals surface area (Å²) < 4.78 is 6.26. The van der Waals surface area contributed by atoms with E-state index in [9.17, 15) is 4.79 Å². The predicted octanol–water partition coefficient (Wildman–Crippen LogP) is 0.692. The first-order chi connectivity index (χ1) is 9.22. The number of hydrogen-bond acceptors (Lipinski definition) is 5. The van der Waals surface area contributed by atoms with Crippen LogP contribution in [0.25, 0.3) is 5.69 Å². The molecule has 0 saturated heterocycles. The summed E-state index contributed by atoms with van der Waals surface area (Å²) in [6, 6.07) is 4.89. The molecular formula is C11H12ClN5O2. The number of carbonyl (C=O) groups excluding carboxylic acids is 1. The van der Waals surface area contributed by atoms with Gasteiger partial charge in [0.15, 0.2) is 0 Å². The lowest BCUT2D eigenvalue weighted by atomic mass is 10.1. The van der Waals surface area contributed by atoms with Crippen LogP contribution in [0.4, 0.5) is 0 Å². The van der Waals surface area contributed by atoms with Gasteiger partial charge in [0.2, 0.25) is 0 Å². The van der Waals surface area contributed by atoms with Gasteiger partial charge in [-0.05, 0) is 28.6 Å². The van der Waals surface area contributed by atoms with E-state index in [1.54, 1.807) is 25.3 Å². The number of amides is 1. The van der Waals surface area contributed by atoms with Crippen molar-refractivity contribution in [2.45, 2.75) is 0 Å². The molecule has 0 saturated carbocycles. The fraction of sp³-hybridized carbons (Fsp3) is 0.273. The molecular weight excluding hydrogens is 270 g/mol. The molecule has 1 amide bonds. The molecule has 0 fully saturated rings. The van der Waals surface area contributed by atoms with E-state index in [1.807, 2.05) is 0 Å². The molecule has 100 valence electrons. The highest BCUT2D eigenvalue weighted by Crippen LogP contribution is 2.19. The molecule has 0 aliphatic carbocycles. The second-order valence-corrected chi connectivity index (χ2v) is 4.10. The summed E-state index contributed by atoms with van der Waals surface area (Å²) in [4.78, 5) is 12.1. The number of methoxy groups -OCH3 is 1. The zero-order valence-corrected chi connectivity index (χ0v) is 11.0. The molecule has 0 radical (unpaired) electrons. The summed E-state index contributed by atoms with van der Waals surface area (Å²) in [6.07, 6.45) is 1.40. The van der Waals surface area contributed by atoms with Crippen molar-refractivity contribution < 1.29 is 9.53 Å². The third-order valence-electron chi connectivity index (χ3n) is 2.39. The largest absolute Gasteiger partial charge is 0.383 e. The van der Waals surface area contributed by atoms with E-state index in [1.165, 1.54) is 11.0 Å². The van der Waals surface area contributed by atoms with E-state index in [-0.39, 0.29) is 5.91 Å². The Hall–Kier alpha value is -1.99. The average molecular weight is 282 g/mol. The van der Waals surface area contributed by atoms with Crippen molar-refractivity contribution >= 4 is 17.5 Å². The van der Waals surface area contributed by atoms with Crippen LogP contribution in [0.15, 0.2) is 24.5 Å². The fourth-order valence-electron chi connectivity index (χ4n) is 1.52.